The number of carboxylic acids is 1. The second-order valence-electron chi connectivity index (χ2n) is 5.13. The van der Waals surface area contributed by atoms with Crippen LogP contribution in [0.5, 0.6) is 0 Å². The number of thiophene rings is 1. The number of amides is 2. The Morgan fingerprint density at radius 1 is 1.46 bits per heavy atom. The molecule has 0 bridgehead atoms. The molecule has 124 valence electrons. The molecule has 0 spiro atoms. The smallest absolute Gasteiger partial charge is 1.00 e. The van der Waals surface area contributed by atoms with Crippen LogP contribution in [0.15, 0.2) is 28.8 Å². The minimum Gasteiger partial charge on any atom is -1.00 e. The van der Waals surface area contributed by atoms with Crippen LogP contribution >= 0.6 is 23.1 Å². The van der Waals surface area contributed by atoms with E-state index in [1.54, 1.807) is 0 Å². The molecule has 0 aromatic carbocycles. The number of aliphatic hydroxyl groups excluding tert-OH is 1. The summed E-state index contributed by atoms with van der Waals surface area (Å²) in [5.74, 6) is -1.63. The number of β-lactam (4-membered cyclic amide) rings is 1. The van der Waals surface area contributed by atoms with Gasteiger partial charge in [-0.25, -0.2) is 4.79 Å². The molecule has 10 heteroatoms. The van der Waals surface area contributed by atoms with Crippen molar-refractivity contribution in [1.29, 1.82) is 0 Å². The first-order chi connectivity index (χ1) is 11.0. The zero-order valence-corrected chi connectivity index (χ0v) is 17.6. The third-order valence-electron chi connectivity index (χ3n) is 3.67. The van der Waals surface area contributed by atoms with Gasteiger partial charge in [0, 0.05) is 10.6 Å². The van der Waals surface area contributed by atoms with Crippen LogP contribution in [0.25, 0.3) is 0 Å². The average molecular weight is 395 g/mol. The minimum absolute atomic E-state index is 0. The van der Waals surface area contributed by atoms with Crippen molar-refractivity contribution in [2.45, 2.75) is 17.8 Å². The zero-order chi connectivity index (χ0) is 16.6. The van der Waals surface area contributed by atoms with E-state index in [-0.39, 0.29) is 70.8 Å². The quantitative estimate of drug-likeness (QED) is 0.366. The van der Waals surface area contributed by atoms with Gasteiger partial charge in [0.25, 0.3) is 5.91 Å². The number of aliphatic carboxylic acids is 1. The first-order valence-electron chi connectivity index (χ1n) is 6.85. The first kappa shape index (κ1) is 20.1. The molecule has 2 aliphatic rings. The molecule has 1 saturated heterocycles. The van der Waals surface area contributed by atoms with Gasteiger partial charge in [0.05, 0.1) is 13.0 Å². The molecular formula is C14H15KN2O5S2. The monoisotopic (exact) mass is 394 g/mol. The van der Waals surface area contributed by atoms with Gasteiger partial charge in [0.15, 0.2) is 0 Å². The van der Waals surface area contributed by atoms with Crippen LogP contribution in [-0.2, 0) is 20.8 Å². The van der Waals surface area contributed by atoms with E-state index in [1.165, 1.54) is 23.1 Å². The maximum Gasteiger partial charge on any atom is 1.00 e. The fraction of sp³-hybridized carbons (Fsp3) is 0.357. The van der Waals surface area contributed by atoms with E-state index >= 15 is 0 Å². The van der Waals surface area contributed by atoms with Crippen molar-refractivity contribution >= 4 is 40.9 Å². The van der Waals surface area contributed by atoms with Crippen molar-refractivity contribution in [2.75, 3.05) is 12.4 Å². The Balaban J connectivity index is 0.00000156. The molecule has 0 saturated carbocycles. The van der Waals surface area contributed by atoms with E-state index in [0.29, 0.717) is 11.3 Å². The Hall–Kier alpha value is -0.204. The molecule has 3 rings (SSSR count). The van der Waals surface area contributed by atoms with E-state index in [4.69, 9.17) is 0 Å². The molecule has 1 aromatic heterocycles. The van der Waals surface area contributed by atoms with Gasteiger partial charge in [0.1, 0.15) is 17.1 Å². The molecule has 1 aromatic rings. The van der Waals surface area contributed by atoms with E-state index in [1.807, 2.05) is 17.5 Å². The Bertz CT molecular complexity index is 697. The fourth-order valence-electron chi connectivity index (χ4n) is 2.60. The second kappa shape index (κ2) is 8.45. The molecule has 24 heavy (non-hydrogen) atoms. The van der Waals surface area contributed by atoms with Gasteiger partial charge in [-0.2, -0.15) is 0 Å². The summed E-state index contributed by atoms with van der Waals surface area (Å²) in [4.78, 5) is 37.6. The Morgan fingerprint density at radius 3 is 2.79 bits per heavy atom. The minimum atomic E-state index is -1.24. The van der Waals surface area contributed by atoms with Crippen LogP contribution in [0, 0.1) is 0 Å². The number of nitrogens with one attached hydrogen (secondary N) is 1. The molecule has 2 aliphatic heterocycles. The first-order valence-corrected chi connectivity index (χ1v) is 8.78. The molecule has 3 N–H and O–H groups in total. The molecular weight excluding hydrogens is 379 g/mol. The number of nitrogens with zero attached hydrogens (tertiary/aromatic N) is 1. The summed E-state index contributed by atoms with van der Waals surface area (Å²) in [5.41, 5.74) is 0.153. The SMILES string of the molecule is O=C(Cc1cccs1)NC1C(=O)N2C(C(=O)O)=C(CO)CS[C@H]12.[H-].[K+]. The predicted molar refractivity (Wildman–Crippen MR) is 85.9 cm³/mol. The van der Waals surface area contributed by atoms with Gasteiger partial charge in [0.2, 0.25) is 5.91 Å². The van der Waals surface area contributed by atoms with Crippen molar-refractivity contribution in [2.24, 2.45) is 0 Å². The van der Waals surface area contributed by atoms with Crippen LogP contribution < -0.4 is 56.7 Å². The van der Waals surface area contributed by atoms with Gasteiger partial charge in [-0.05, 0) is 17.0 Å². The van der Waals surface area contributed by atoms with Gasteiger partial charge in [-0.15, -0.1) is 23.1 Å². The third-order valence-corrected chi connectivity index (χ3v) is 5.89. The van der Waals surface area contributed by atoms with E-state index in [0.717, 1.165) is 9.78 Å². The third kappa shape index (κ3) is 3.80. The number of hydrogen-bond donors (Lipinski definition) is 3. The summed E-state index contributed by atoms with van der Waals surface area (Å²) in [5, 5.41) is 22.6. The number of hydrogen-bond acceptors (Lipinski definition) is 6. The topological polar surface area (TPSA) is 107 Å². The van der Waals surface area contributed by atoms with Crippen molar-refractivity contribution in [3.63, 3.8) is 0 Å². The van der Waals surface area contributed by atoms with E-state index < -0.39 is 29.9 Å². The largest absolute Gasteiger partial charge is 1.00 e. The molecule has 7 nitrogen and oxygen atoms in total. The molecule has 1 unspecified atom stereocenters. The van der Waals surface area contributed by atoms with E-state index in [9.17, 15) is 24.6 Å². The van der Waals surface area contributed by atoms with Crippen molar-refractivity contribution in [3.05, 3.63) is 33.7 Å². The number of carbonyl (C=O) groups excluding carboxylic acids is 2. The number of fused-ring (bicyclic) bond motifs is 1. The zero-order valence-electron chi connectivity index (χ0n) is 13.9. The molecule has 3 heterocycles. The normalized spacial score (nSPS) is 22.4. The predicted octanol–water partition coefficient (Wildman–Crippen LogP) is -2.86. The Labute approximate surface area is 190 Å². The number of thioether (sulfide) groups is 1. The summed E-state index contributed by atoms with van der Waals surface area (Å²) >= 11 is 2.80. The maximum atomic E-state index is 12.2. The number of carbonyl (C=O) groups is 3. The van der Waals surface area contributed by atoms with Crippen LogP contribution in [0.1, 0.15) is 6.30 Å². The number of carboxylic acid groups (broad SMARTS) is 1. The standard InChI is InChI=1S/C14H14N2O5S2.K.H/c17-5-7-6-23-13-10(12(19)16(13)11(7)14(20)21)15-9(18)4-8-2-1-3-22-8;;/h1-3,10,13,17H,4-6H2,(H,15,18)(H,20,21);;/q;+1;-1/t10?,13-;;/m1../s1. The summed E-state index contributed by atoms with van der Waals surface area (Å²) in [6.07, 6.45) is 0.197. The molecule has 2 atom stereocenters. The summed E-state index contributed by atoms with van der Waals surface area (Å²) in [6, 6.07) is 2.97. The van der Waals surface area contributed by atoms with Gasteiger partial charge in [-0.3, -0.25) is 14.5 Å². The van der Waals surface area contributed by atoms with Crippen molar-refractivity contribution in [3.8, 4) is 0 Å². The van der Waals surface area contributed by atoms with Crippen molar-refractivity contribution in [1.82, 2.24) is 10.2 Å². The average Bonchev–Trinajstić information content (AvgIpc) is 3.03. The fourth-order valence-corrected chi connectivity index (χ4v) is 4.64. The van der Waals surface area contributed by atoms with Crippen molar-refractivity contribution < 1.29 is 77.4 Å². The van der Waals surface area contributed by atoms with Crippen LogP contribution in [-0.4, -0.2) is 56.7 Å². The van der Waals surface area contributed by atoms with Crippen LogP contribution in [0.2, 0.25) is 0 Å². The Morgan fingerprint density at radius 2 is 2.21 bits per heavy atom. The number of rotatable bonds is 5. The Kier molecular flexibility index (Phi) is 7.08. The molecule has 0 radical (unpaired) electrons. The van der Waals surface area contributed by atoms with E-state index in [2.05, 4.69) is 5.32 Å². The van der Waals surface area contributed by atoms with Crippen LogP contribution in [0.3, 0.4) is 0 Å². The van der Waals surface area contributed by atoms with Gasteiger partial charge < -0.3 is 17.0 Å². The van der Waals surface area contributed by atoms with Crippen LogP contribution in [0.4, 0.5) is 0 Å². The number of aliphatic hydroxyl groups is 1. The summed E-state index contributed by atoms with van der Waals surface area (Å²) < 4.78 is 0. The molecule has 1 fully saturated rings. The second-order valence-corrected chi connectivity index (χ2v) is 7.26. The summed E-state index contributed by atoms with van der Waals surface area (Å²) in [6.45, 7) is -0.402. The van der Waals surface area contributed by atoms with Gasteiger partial charge >= 0.3 is 57.4 Å². The molecule has 2 amide bonds. The summed E-state index contributed by atoms with van der Waals surface area (Å²) in [7, 11) is 0. The molecule has 0 aliphatic carbocycles. The maximum absolute atomic E-state index is 12.2. The van der Waals surface area contributed by atoms with Gasteiger partial charge in [-0.1, -0.05) is 6.07 Å².